The number of carbonyl (C=O) groups is 2. The van der Waals surface area contributed by atoms with Crippen molar-refractivity contribution in [2.24, 2.45) is 0 Å². The molecule has 132 valence electrons. The number of benzene rings is 2. The van der Waals surface area contributed by atoms with Crippen LogP contribution in [0.3, 0.4) is 0 Å². The van der Waals surface area contributed by atoms with Crippen LogP contribution in [-0.4, -0.2) is 18.4 Å². The Bertz CT molecular complexity index is 888. The lowest BCUT2D eigenvalue weighted by molar-refractivity contribution is -0.143. The van der Waals surface area contributed by atoms with Crippen LogP contribution in [0.1, 0.15) is 16.1 Å². The fourth-order valence-corrected chi connectivity index (χ4v) is 2.26. The molecule has 1 aromatic heterocycles. The van der Waals surface area contributed by atoms with Gasteiger partial charge in [0.15, 0.2) is 5.76 Å². The maximum absolute atomic E-state index is 12.9. The molecule has 3 aromatic rings. The van der Waals surface area contributed by atoms with Crippen LogP contribution in [0.4, 0.5) is 4.39 Å². The Morgan fingerprint density at radius 3 is 2.42 bits per heavy atom. The van der Waals surface area contributed by atoms with Crippen molar-refractivity contribution in [3.05, 3.63) is 83.9 Å². The summed E-state index contributed by atoms with van der Waals surface area (Å²) in [4.78, 5) is 23.8. The third-order valence-electron chi connectivity index (χ3n) is 3.59. The molecule has 0 fully saturated rings. The van der Waals surface area contributed by atoms with E-state index in [4.69, 9.17) is 9.15 Å². The molecular weight excluding hydrogens is 337 g/mol. The zero-order chi connectivity index (χ0) is 18.4. The number of hydrogen-bond acceptors (Lipinski definition) is 4. The second kappa shape index (κ2) is 8.11. The third kappa shape index (κ3) is 4.57. The highest BCUT2D eigenvalue weighted by Gasteiger charge is 2.14. The van der Waals surface area contributed by atoms with Crippen LogP contribution in [0.25, 0.3) is 11.3 Å². The SMILES string of the molecule is O=C(CNC(=O)c1ccc(-c2ccc(F)cc2)o1)OCc1ccccc1. The average molecular weight is 353 g/mol. The van der Waals surface area contributed by atoms with E-state index in [0.717, 1.165) is 5.56 Å². The maximum Gasteiger partial charge on any atom is 0.325 e. The number of amides is 1. The van der Waals surface area contributed by atoms with Gasteiger partial charge in [-0.2, -0.15) is 0 Å². The van der Waals surface area contributed by atoms with E-state index in [-0.39, 0.29) is 24.7 Å². The zero-order valence-corrected chi connectivity index (χ0v) is 13.8. The van der Waals surface area contributed by atoms with Crippen molar-refractivity contribution >= 4 is 11.9 Å². The van der Waals surface area contributed by atoms with E-state index >= 15 is 0 Å². The fraction of sp³-hybridized carbons (Fsp3) is 0.100. The van der Waals surface area contributed by atoms with E-state index in [1.165, 1.54) is 18.2 Å². The van der Waals surface area contributed by atoms with Gasteiger partial charge < -0.3 is 14.5 Å². The summed E-state index contributed by atoms with van der Waals surface area (Å²) in [5.41, 5.74) is 1.51. The molecule has 5 nitrogen and oxygen atoms in total. The number of halogens is 1. The van der Waals surface area contributed by atoms with Crippen LogP contribution in [0.2, 0.25) is 0 Å². The Morgan fingerprint density at radius 2 is 1.69 bits per heavy atom. The second-order valence-corrected chi connectivity index (χ2v) is 5.50. The smallest absolute Gasteiger partial charge is 0.325 e. The van der Waals surface area contributed by atoms with Gasteiger partial charge in [0.25, 0.3) is 5.91 Å². The summed E-state index contributed by atoms with van der Waals surface area (Å²) in [7, 11) is 0. The summed E-state index contributed by atoms with van der Waals surface area (Å²) in [6.07, 6.45) is 0. The predicted molar refractivity (Wildman–Crippen MR) is 92.7 cm³/mol. The van der Waals surface area contributed by atoms with Gasteiger partial charge in [-0.3, -0.25) is 9.59 Å². The van der Waals surface area contributed by atoms with Crippen molar-refractivity contribution in [1.82, 2.24) is 5.32 Å². The Balaban J connectivity index is 1.50. The van der Waals surface area contributed by atoms with Crippen molar-refractivity contribution in [3.8, 4) is 11.3 Å². The lowest BCUT2D eigenvalue weighted by atomic mass is 10.2. The largest absolute Gasteiger partial charge is 0.460 e. The van der Waals surface area contributed by atoms with Gasteiger partial charge in [-0.1, -0.05) is 30.3 Å². The lowest BCUT2D eigenvalue weighted by Gasteiger charge is -2.05. The normalized spacial score (nSPS) is 10.3. The summed E-state index contributed by atoms with van der Waals surface area (Å²) in [6, 6.07) is 18.1. The molecule has 0 aliphatic rings. The van der Waals surface area contributed by atoms with Gasteiger partial charge in [0.1, 0.15) is 24.7 Å². The molecule has 0 saturated carbocycles. The third-order valence-corrected chi connectivity index (χ3v) is 3.59. The minimum absolute atomic E-state index is 0.0557. The molecule has 0 spiro atoms. The molecule has 1 heterocycles. The predicted octanol–water partition coefficient (Wildman–Crippen LogP) is 3.56. The van der Waals surface area contributed by atoms with E-state index < -0.39 is 11.9 Å². The first-order valence-electron chi connectivity index (χ1n) is 7.95. The first-order valence-corrected chi connectivity index (χ1v) is 7.95. The van der Waals surface area contributed by atoms with Gasteiger partial charge in [-0.25, -0.2) is 4.39 Å². The van der Waals surface area contributed by atoms with E-state index in [1.54, 1.807) is 18.2 Å². The van der Waals surface area contributed by atoms with Crippen LogP contribution >= 0.6 is 0 Å². The summed E-state index contributed by atoms with van der Waals surface area (Å²) < 4.78 is 23.5. The van der Waals surface area contributed by atoms with Gasteiger partial charge in [0, 0.05) is 5.56 Å². The molecule has 0 atom stereocenters. The Labute approximate surface area is 149 Å². The number of furan rings is 1. The van der Waals surface area contributed by atoms with Crippen LogP contribution in [0.5, 0.6) is 0 Å². The van der Waals surface area contributed by atoms with Crippen molar-refractivity contribution < 1.29 is 23.1 Å². The standard InChI is InChI=1S/C20H16FNO4/c21-16-8-6-15(7-9-16)17-10-11-18(26-17)20(24)22-12-19(23)25-13-14-4-2-1-3-5-14/h1-11H,12-13H2,(H,22,24). The minimum atomic E-state index is -0.549. The number of ether oxygens (including phenoxy) is 1. The molecule has 2 aromatic carbocycles. The molecule has 0 radical (unpaired) electrons. The number of nitrogens with one attached hydrogen (secondary N) is 1. The van der Waals surface area contributed by atoms with Crippen LogP contribution in [0.15, 0.2) is 71.1 Å². The van der Waals surface area contributed by atoms with Crippen molar-refractivity contribution in [1.29, 1.82) is 0 Å². The maximum atomic E-state index is 12.9. The first kappa shape index (κ1) is 17.4. The topological polar surface area (TPSA) is 68.5 Å². The first-order chi connectivity index (χ1) is 12.6. The highest BCUT2D eigenvalue weighted by molar-refractivity contribution is 5.94. The molecule has 1 N–H and O–H groups in total. The van der Waals surface area contributed by atoms with E-state index in [1.807, 2.05) is 30.3 Å². The van der Waals surface area contributed by atoms with Gasteiger partial charge in [0.2, 0.25) is 0 Å². The molecule has 3 rings (SSSR count). The highest BCUT2D eigenvalue weighted by atomic mass is 19.1. The van der Waals surface area contributed by atoms with Crippen molar-refractivity contribution in [3.63, 3.8) is 0 Å². The number of hydrogen-bond donors (Lipinski definition) is 1. The number of carbonyl (C=O) groups excluding carboxylic acids is 2. The number of esters is 1. The molecule has 0 saturated heterocycles. The zero-order valence-electron chi connectivity index (χ0n) is 13.8. The van der Waals surface area contributed by atoms with E-state index in [0.29, 0.717) is 11.3 Å². The van der Waals surface area contributed by atoms with Gasteiger partial charge in [-0.15, -0.1) is 0 Å². The van der Waals surface area contributed by atoms with Crippen LogP contribution in [-0.2, 0) is 16.1 Å². The molecule has 0 aliphatic carbocycles. The molecule has 6 heteroatoms. The Hall–Kier alpha value is -3.41. The molecule has 0 bridgehead atoms. The van der Waals surface area contributed by atoms with Crippen LogP contribution in [0, 0.1) is 5.82 Å². The van der Waals surface area contributed by atoms with Crippen molar-refractivity contribution in [2.45, 2.75) is 6.61 Å². The lowest BCUT2D eigenvalue weighted by Crippen LogP contribution is -2.30. The van der Waals surface area contributed by atoms with Crippen molar-refractivity contribution in [2.75, 3.05) is 6.54 Å². The molecular formula is C20H16FNO4. The monoisotopic (exact) mass is 353 g/mol. The summed E-state index contributed by atoms with van der Waals surface area (Å²) in [5.74, 6) is -0.947. The van der Waals surface area contributed by atoms with Gasteiger partial charge in [0.05, 0.1) is 0 Å². The summed E-state index contributed by atoms with van der Waals surface area (Å²) in [6.45, 7) is -0.122. The Kier molecular flexibility index (Phi) is 5.43. The fourth-order valence-electron chi connectivity index (χ4n) is 2.26. The molecule has 1 amide bonds. The van der Waals surface area contributed by atoms with E-state index in [2.05, 4.69) is 5.32 Å². The summed E-state index contributed by atoms with van der Waals surface area (Å²) in [5, 5.41) is 2.44. The molecule has 26 heavy (non-hydrogen) atoms. The molecule has 0 aliphatic heterocycles. The Morgan fingerprint density at radius 1 is 0.962 bits per heavy atom. The van der Waals surface area contributed by atoms with E-state index in [9.17, 15) is 14.0 Å². The minimum Gasteiger partial charge on any atom is -0.460 e. The van der Waals surface area contributed by atoms with Gasteiger partial charge in [-0.05, 0) is 42.0 Å². The number of rotatable bonds is 6. The second-order valence-electron chi connectivity index (χ2n) is 5.50. The average Bonchev–Trinajstić information content (AvgIpc) is 3.16. The molecule has 0 unspecified atom stereocenters. The quantitative estimate of drug-likeness (QED) is 0.688. The van der Waals surface area contributed by atoms with Crippen LogP contribution < -0.4 is 5.32 Å². The van der Waals surface area contributed by atoms with Gasteiger partial charge >= 0.3 is 5.97 Å². The highest BCUT2D eigenvalue weighted by Crippen LogP contribution is 2.22. The summed E-state index contributed by atoms with van der Waals surface area (Å²) >= 11 is 0.